The van der Waals surface area contributed by atoms with Crippen LogP contribution in [0.1, 0.15) is 39.5 Å². The minimum absolute atomic E-state index is 0.354. The van der Waals surface area contributed by atoms with Crippen LogP contribution in [0.25, 0.3) is 0 Å². The van der Waals surface area contributed by atoms with Gasteiger partial charge in [-0.2, -0.15) is 0 Å². The molecule has 0 radical (unpaired) electrons. The summed E-state index contributed by atoms with van der Waals surface area (Å²) in [5.41, 5.74) is 6.11. The fourth-order valence-electron chi connectivity index (χ4n) is 2.13. The van der Waals surface area contributed by atoms with Gasteiger partial charge in [0.1, 0.15) is 0 Å². The molecule has 92 valence electrons. The van der Waals surface area contributed by atoms with E-state index >= 15 is 0 Å². The standard InChI is InChI=1S/C13H25N3/c1-4-9-15-12(14)16-10-13(3)7-5-11(2)6-8-13/h4,11H,1,5-10H2,2-3H3,(H3,14,15,16). The Balaban J connectivity index is 2.38. The van der Waals surface area contributed by atoms with Crippen LogP contribution in [0.4, 0.5) is 0 Å². The zero-order chi connectivity index (χ0) is 12.0. The molecule has 0 aromatic carbocycles. The fraction of sp³-hybridized carbons (Fsp3) is 0.769. The number of hydrogen-bond donors (Lipinski definition) is 2. The molecule has 0 bridgehead atoms. The highest BCUT2D eigenvalue weighted by atomic mass is 15.1. The van der Waals surface area contributed by atoms with Gasteiger partial charge in [-0.1, -0.05) is 32.8 Å². The third-order valence-corrected chi connectivity index (χ3v) is 3.54. The number of guanidine groups is 1. The molecule has 0 spiro atoms. The highest BCUT2D eigenvalue weighted by Crippen LogP contribution is 2.38. The number of aliphatic imine (C=N–C) groups is 1. The van der Waals surface area contributed by atoms with Crippen LogP contribution in [0.15, 0.2) is 17.6 Å². The Bertz CT molecular complexity index is 250. The number of nitrogens with one attached hydrogen (secondary N) is 1. The summed E-state index contributed by atoms with van der Waals surface area (Å²) in [7, 11) is 0. The van der Waals surface area contributed by atoms with Gasteiger partial charge in [-0.3, -0.25) is 4.99 Å². The third kappa shape index (κ3) is 4.25. The van der Waals surface area contributed by atoms with Gasteiger partial charge in [0, 0.05) is 13.1 Å². The zero-order valence-corrected chi connectivity index (χ0v) is 10.6. The van der Waals surface area contributed by atoms with Gasteiger partial charge in [0.2, 0.25) is 0 Å². The van der Waals surface area contributed by atoms with E-state index in [1.54, 1.807) is 6.08 Å². The summed E-state index contributed by atoms with van der Waals surface area (Å²) in [4.78, 5) is 4.42. The van der Waals surface area contributed by atoms with Gasteiger partial charge >= 0.3 is 0 Å². The lowest BCUT2D eigenvalue weighted by molar-refractivity contribution is 0.187. The Morgan fingerprint density at radius 3 is 2.75 bits per heavy atom. The first-order chi connectivity index (χ1) is 7.56. The van der Waals surface area contributed by atoms with E-state index in [9.17, 15) is 0 Å². The van der Waals surface area contributed by atoms with Crippen molar-refractivity contribution in [2.24, 2.45) is 22.1 Å². The van der Waals surface area contributed by atoms with Crippen molar-refractivity contribution in [1.82, 2.24) is 5.32 Å². The van der Waals surface area contributed by atoms with Crippen LogP contribution in [0.2, 0.25) is 0 Å². The SMILES string of the molecule is C=CCNC(N)=NCC1(C)CCC(C)CC1. The summed E-state index contributed by atoms with van der Waals surface area (Å²) >= 11 is 0. The summed E-state index contributed by atoms with van der Waals surface area (Å²) < 4.78 is 0. The molecule has 1 aliphatic carbocycles. The monoisotopic (exact) mass is 223 g/mol. The number of nitrogens with two attached hydrogens (primary N) is 1. The third-order valence-electron chi connectivity index (χ3n) is 3.54. The topological polar surface area (TPSA) is 50.4 Å². The zero-order valence-electron chi connectivity index (χ0n) is 10.6. The van der Waals surface area contributed by atoms with Crippen molar-refractivity contribution >= 4 is 5.96 Å². The molecule has 0 unspecified atom stereocenters. The molecular weight excluding hydrogens is 198 g/mol. The number of hydrogen-bond acceptors (Lipinski definition) is 1. The van der Waals surface area contributed by atoms with Gasteiger partial charge in [-0.25, -0.2) is 0 Å². The van der Waals surface area contributed by atoms with Crippen molar-refractivity contribution in [3.05, 3.63) is 12.7 Å². The van der Waals surface area contributed by atoms with Crippen molar-refractivity contribution in [1.29, 1.82) is 0 Å². The van der Waals surface area contributed by atoms with E-state index in [-0.39, 0.29) is 0 Å². The van der Waals surface area contributed by atoms with E-state index in [0.717, 1.165) is 12.5 Å². The molecule has 1 fully saturated rings. The Morgan fingerprint density at radius 1 is 1.56 bits per heavy atom. The molecule has 1 aliphatic rings. The van der Waals surface area contributed by atoms with Crippen LogP contribution in [-0.2, 0) is 0 Å². The maximum Gasteiger partial charge on any atom is 0.188 e. The molecule has 3 N–H and O–H groups in total. The highest BCUT2D eigenvalue weighted by Gasteiger charge is 2.29. The van der Waals surface area contributed by atoms with Crippen LogP contribution < -0.4 is 11.1 Å². The van der Waals surface area contributed by atoms with Crippen molar-refractivity contribution < 1.29 is 0 Å². The van der Waals surface area contributed by atoms with Gasteiger partial charge < -0.3 is 11.1 Å². The molecule has 0 heterocycles. The summed E-state index contributed by atoms with van der Waals surface area (Å²) in [6.45, 7) is 9.82. The van der Waals surface area contributed by atoms with Crippen LogP contribution in [-0.4, -0.2) is 19.0 Å². The smallest absolute Gasteiger partial charge is 0.188 e. The van der Waals surface area contributed by atoms with Gasteiger partial charge in [-0.15, -0.1) is 6.58 Å². The average molecular weight is 223 g/mol. The van der Waals surface area contributed by atoms with E-state index in [1.165, 1.54) is 25.7 Å². The second-order valence-corrected chi connectivity index (χ2v) is 5.36. The summed E-state index contributed by atoms with van der Waals surface area (Å²) in [6.07, 6.45) is 6.98. The van der Waals surface area contributed by atoms with E-state index < -0.39 is 0 Å². The van der Waals surface area contributed by atoms with E-state index in [1.807, 2.05) is 0 Å². The number of rotatable bonds is 4. The Labute approximate surface area is 99.2 Å². The molecule has 3 nitrogen and oxygen atoms in total. The number of nitrogens with zero attached hydrogens (tertiary/aromatic N) is 1. The minimum atomic E-state index is 0.354. The second-order valence-electron chi connectivity index (χ2n) is 5.36. The average Bonchev–Trinajstić information content (AvgIpc) is 2.28. The van der Waals surface area contributed by atoms with Crippen LogP contribution in [0.3, 0.4) is 0 Å². The van der Waals surface area contributed by atoms with Gasteiger partial charge in [0.15, 0.2) is 5.96 Å². The fourth-order valence-corrected chi connectivity index (χ4v) is 2.13. The predicted octanol–water partition coefficient (Wildman–Crippen LogP) is 2.29. The predicted molar refractivity (Wildman–Crippen MR) is 70.4 cm³/mol. The summed E-state index contributed by atoms with van der Waals surface area (Å²) in [5.74, 6) is 1.42. The van der Waals surface area contributed by atoms with Crippen LogP contribution in [0.5, 0.6) is 0 Å². The summed E-state index contributed by atoms with van der Waals surface area (Å²) in [5, 5.41) is 3.01. The maximum absolute atomic E-state index is 5.75. The largest absolute Gasteiger partial charge is 0.370 e. The molecule has 0 aromatic rings. The molecule has 0 aliphatic heterocycles. The molecule has 0 amide bonds. The van der Waals surface area contributed by atoms with Crippen LogP contribution in [0, 0.1) is 11.3 Å². The first kappa shape index (κ1) is 13.1. The van der Waals surface area contributed by atoms with E-state index in [4.69, 9.17) is 5.73 Å². The van der Waals surface area contributed by atoms with Crippen molar-refractivity contribution in [2.45, 2.75) is 39.5 Å². The highest BCUT2D eigenvalue weighted by molar-refractivity contribution is 5.77. The Kier molecular flexibility index (Phi) is 4.84. The van der Waals surface area contributed by atoms with E-state index in [2.05, 4.69) is 30.7 Å². The quantitative estimate of drug-likeness (QED) is 0.436. The second kappa shape index (κ2) is 5.92. The molecular formula is C13H25N3. The van der Waals surface area contributed by atoms with Gasteiger partial charge in [0.05, 0.1) is 0 Å². The molecule has 1 rings (SSSR count). The molecule has 1 saturated carbocycles. The van der Waals surface area contributed by atoms with Crippen molar-refractivity contribution in [3.8, 4) is 0 Å². The van der Waals surface area contributed by atoms with Crippen molar-refractivity contribution in [2.75, 3.05) is 13.1 Å². The van der Waals surface area contributed by atoms with Gasteiger partial charge in [-0.05, 0) is 24.2 Å². The molecule has 0 atom stereocenters. The lowest BCUT2D eigenvalue weighted by Gasteiger charge is -2.35. The van der Waals surface area contributed by atoms with E-state index in [0.29, 0.717) is 17.9 Å². The summed E-state index contributed by atoms with van der Waals surface area (Å²) in [6, 6.07) is 0. The van der Waals surface area contributed by atoms with Gasteiger partial charge in [0.25, 0.3) is 0 Å². The lowest BCUT2D eigenvalue weighted by atomic mass is 9.72. The lowest BCUT2D eigenvalue weighted by Crippen LogP contribution is -2.34. The molecule has 16 heavy (non-hydrogen) atoms. The maximum atomic E-state index is 5.75. The first-order valence-corrected chi connectivity index (χ1v) is 6.20. The Hall–Kier alpha value is -0.990. The van der Waals surface area contributed by atoms with Crippen molar-refractivity contribution in [3.63, 3.8) is 0 Å². The van der Waals surface area contributed by atoms with Crippen LogP contribution >= 0.6 is 0 Å². The first-order valence-electron chi connectivity index (χ1n) is 6.20. The molecule has 3 heteroatoms. The molecule has 0 saturated heterocycles. The Morgan fingerprint density at radius 2 is 2.19 bits per heavy atom. The minimum Gasteiger partial charge on any atom is -0.370 e. The normalized spacial score (nSPS) is 31.1. The molecule has 0 aromatic heterocycles.